The minimum atomic E-state index is -0.516. The molecule has 0 unspecified atom stereocenters. The Bertz CT molecular complexity index is 998. The Morgan fingerprint density at radius 1 is 1.06 bits per heavy atom. The van der Waals surface area contributed by atoms with Crippen LogP contribution >= 0.6 is 0 Å². The summed E-state index contributed by atoms with van der Waals surface area (Å²) in [6.07, 6.45) is 2.68. The van der Waals surface area contributed by atoms with Crippen molar-refractivity contribution < 1.29 is 23.8 Å². The number of hydrogen-bond donors (Lipinski definition) is 0. The molecule has 0 radical (unpaired) electrons. The van der Waals surface area contributed by atoms with E-state index in [-0.39, 0.29) is 17.8 Å². The van der Waals surface area contributed by atoms with Gasteiger partial charge in [-0.15, -0.1) is 0 Å². The highest BCUT2D eigenvalue weighted by atomic mass is 16.6. The molecule has 8 heteroatoms. The Labute approximate surface area is 187 Å². The summed E-state index contributed by atoms with van der Waals surface area (Å²) >= 11 is 0. The van der Waals surface area contributed by atoms with Gasteiger partial charge in [-0.2, -0.15) is 0 Å². The molecule has 1 aromatic heterocycles. The second-order valence-electron chi connectivity index (χ2n) is 8.80. The van der Waals surface area contributed by atoms with E-state index >= 15 is 0 Å². The fourth-order valence-electron chi connectivity index (χ4n) is 3.43. The lowest BCUT2D eigenvalue weighted by Gasteiger charge is -2.33. The van der Waals surface area contributed by atoms with Crippen LogP contribution in [0.25, 0.3) is 0 Å². The molecular weight excluding hydrogens is 412 g/mol. The van der Waals surface area contributed by atoms with Crippen LogP contribution in [0.3, 0.4) is 0 Å². The van der Waals surface area contributed by atoms with E-state index in [1.165, 1.54) is 13.2 Å². The van der Waals surface area contributed by atoms with Gasteiger partial charge >= 0.3 is 12.1 Å². The first-order chi connectivity index (χ1) is 15.1. The average molecular weight is 443 g/mol. The molecule has 1 saturated heterocycles. The Hall–Kier alpha value is -3.29. The molecule has 1 aliphatic heterocycles. The molecule has 0 N–H and O–H groups in total. The maximum atomic E-state index is 12.5. The summed E-state index contributed by atoms with van der Waals surface area (Å²) in [6.45, 7) is 7.03. The van der Waals surface area contributed by atoms with Gasteiger partial charge in [0, 0.05) is 38.2 Å². The molecule has 0 bridgehead atoms. The molecule has 0 atom stereocenters. The van der Waals surface area contributed by atoms with Crippen molar-refractivity contribution in [2.24, 2.45) is 0 Å². The van der Waals surface area contributed by atoms with Gasteiger partial charge in [0.1, 0.15) is 17.5 Å². The van der Waals surface area contributed by atoms with E-state index in [2.05, 4.69) is 0 Å². The molecule has 1 aromatic carbocycles. The number of piperidine rings is 1. The van der Waals surface area contributed by atoms with Crippen molar-refractivity contribution in [3.05, 3.63) is 64.1 Å². The second-order valence-corrected chi connectivity index (χ2v) is 8.80. The second kappa shape index (κ2) is 9.89. The van der Waals surface area contributed by atoms with Gasteiger partial charge < -0.3 is 23.7 Å². The highest BCUT2D eigenvalue weighted by Gasteiger charge is 2.27. The molecule has 8 nitrogen and oxygen atoms in total. The first-order valence-corrected chi connectivity index (χ1v) is 10.7. The molecule has 1 fully saturated rings. The van der Waals surface area contributed by atoms with Crippen LogP contribution < -0.4 is 10.3 Å². The zero-order valence-electron chi connectivity index (χ0n) is 19.0. The molecule has 0 saturated carbocycles. The quantitative estimate of drug-likeness (QED) is 0.659. The summed E-state index contributed by atoms with van der Waals surface area (Å²) in [7, 11) is 1.34. The van der Waals surface area contributed by atoms with Crippen LogP contribution in [0.15, 0.2) is 47.4 Å². The zero-order chi connectivity index (χ0) is 23.3. The Morgan fingerprint density at radius 2 is 1.72 bits per heavy atom. The number of likely N-dealkylation sites (tertiary alicyclic amines) is 1. The molecule has 0 spiro atoms. The van der Waals surface area contributed by atoms with Crippen molar-refractivity contribution in [1.29, 1.82) is 0 Å². The van der Waals surface area contributed by atoms with Gasteiger partial charge in [0.25, 0.3) is 5.56 Å². The lowest BCUT2D eigenvalue weighted by atomic mass is 10.1. The van der Waals surface area contributed by atoms with E-state index in [0.29, 0.717) is 43.8 Å². The summed E-state index contributed by atoms with van der Waals surface area (Å²) in [6, 6.07) is 10.2. The number of methoxy groups -OCH3 is 1. The van der Waals surface area contributed by atoms with Gasteiger partial charge in [-0.05, 0) is 44.5 Å². The molecular formula is C24H30N2O6. The third-order valence-electron chi connectivity index (χ3n) is 5.09. The van der Waals surface area contributed by atoms with E-state index < -0.39 is 11.6 Å². The van der Waals surface area contributed by atoms with Gasteiger partial charge in [-0.25, -0.2) is 9.59 Å². The van der Waals surface area contributed by atoms with Gasteiger partial charge in [0.2, 0.25) is 0 Å². The van der Waals surface area contributed by atoms with Crippen molar-refractivity contribution in [3.63, 3.8) is 0 Å². The molecule has 2 heterocycles. The smallest absolute Gasteiger partial charge is 0.410 e. The van der Waals surface area contributed by atoms with Crippen molar-refractivity contribution >= 4 is 12.1 Å². The topological polar surface area (TPSA) is 87.1 Å². The molecule has 3 rings (SSSR count). The number of hydrogen-bond acceptors (Lipinski definition) is 6. The lowest BCUT2D eigenvalue weighted by molar-refractivity contribution is 0.0126. The first kappa shape index (κ1) is 23.4. The SMILES string of the molecule is COC(=O)c1ccc(Cn2ccc(OC3CCN(C(=O)OC(C)(C)C)CC3)cc2=O)cc1. The van der Waals surface area contributed by atoms with E-state index in [4.69, 9.17) is 14.2 Å². The zero-order valence-corrected chi connectivity index (χ0v) is 19.0. The molecule has 32 heavy (non-hydrogen) atoms. The number of amides is 1. The van der Waals surface area contributed by atoms with E-state index in [1.807, 2.05) is 20.8 Å². The number of aromatic nitrogens is 1. The number of carbonyl (C=O) groups excluding carboxylic acids is 2. The monoisotopic (exact) mass is 442 g/mol. The van der Waals surface area contributed by atoms with E-state index in [1.54, 1.807) is 46.0 Å². The van der Waals surface area contributed by atoms with Crippen LogP contribution in [-0.4, -0.2) is 53.4 Å². The number of rotatable bonds is 5. The van der Waals surface area contributed by atoms with Crippen molar-refractivity contribution in [2.45, 2.75) is 51.9 Å². The first-order valence-electron chi connectivity index (χ1n) is 10.7. The minimum absolute atomic E-state index is 0.0604. The van der Waals surface area contributed by atoms with Crippen LogP contribution in [0.2, 0.25) is 0 Å². The Morgan fingerprint density at radius 3 is 2.28 bits per heavy atom. The van der Waals surface area contributed by atoms with Gasteiger partial charge in [-0.3, -0.25) is 4.79 Å². The number of carbonyl (C=O) groups is 2. The molecule has 0 aliphatic carbocycles. The minimum Gasteiger partial charge on any atom is -0.490 e. The van der Waals surface area contributed by atoms with E-state index in [9.17, 15) is 14.4 Å². The largest absolute Gasteiger partial charge is 0.490 e. The molecule has 1 amide bonds. The summed E-state index contributed by atoms with van der Waals surface area (Å²) in [5.41, 5.74) is 0.663. The predicted octanol–water partition coefficient (Wildman–Crippen LogP) is 3.46. The fourth-order valence-corrected chi connectivity index (χ4v) is 3.43. The summed E-state index contributed by atoms with van der Waals surface area (Å²) < 4.78 is 17.7. The number of ether oxygens (including phenoxy) is 3. The predicted molar refractivity (Wildman–Crippen MR) is 119 cm³/mol. The standard InChI is InChI=1S/C24H30N2O6/c1-24(2,3)32-23(29)25-12-9-19(10-13-25)31-20-11-14-26(21(27)15-20)16-17-5-7-18(8-6-17)22(28)30-4/h5-8,11,14-15,19H,9-10,12-13,16H2,1-4H3. The number of esters is 1. The number of pyridine rings is 1. The summed E-state index contributed by atoms with van der Waals surface area (Å²) in [4.78, 5) is 37.9. The Balaban J connectivity index is 1.54. The van der Waals surface area contributed by atoms with Gasteiger partial charge in [-0.1, -0.05) is 12.1 Å². The van der Waals surface area contributed by atoms with Gasteiger partial charge in [0.15, 0.2) is 0 Å². The summed E-state index contributed by atoms with van der Waals surface area (Å²) in [5, 5.41) is 0. The third kappa shape index (κ3) is 6.35. The van der Waals surface area contributed by atoms with Crippen LogP contribution in [0.5, 0.6) is 5.75 Å². The normalized spacial score (nSPS) is 14.7. The van der Waals surface area contributed by atoms with Crippen LogP contribution in [0.1, 0.15) is 49.5 Å². The van der Waals surface area contributed by atoms with Crippen molar-refractivity contribution in [3.8, 4) is 5.75 Å². The molecule has 2 aromatic rings. The van der Waals surface area contributed by atoms with Crippen LogP contribution in [0.4, 0.5) is 4.79 Å². The van der Waals surface area contributed by atoms with Crippen LogP contribution in [-0.2, 0) is 16.0 Å². The van der Waals surface area contributed by atoms with E-state index in [0.717, 1.165) is 5.56 Å². The highest BCUT2D eigenvalue weighted by molar-refractivity contribution is 5.89. The maximum Gasteiger partial charge on any atom is 0.410 e. The van der Waals surface area contributed by atoms with Crippen LogP contribution in [0, 0.1) is 0 Å². The number of nitrogens with zero attached hydrogens (tertiary/aromatic N) is 2. The maximum absolute atomic E-state index is 12.5. The van der Waals surface area contributed by atoms with Crippen molar-refractivity contribution in [2.75, 3.05) is 20.2 Å². The number of benzene rings is 1. The van der Waals surface area contributed by atoms with Crippen molar-refractivity contribution in [1.82, 2.24) is 9.47 Å². The third-order valence-corrected chi connectivity index (χ3v) is 5.09. The average Bonchev–Trinajstić information content (AvgIpc) is 2.75. The highest BCUT2D eigenvalue weighted by Crippen LogP contribution is 2.20. The fraction of sp³-hybridized carbons (Fsp3) is 0.458. The molecule has 1 aliphatic rings. The Kier molecular flexibility index (Phi) is 7.22. The van der Waals surface area contributed by atoms with Gasteiger partial charge in [0.05, 0.1) is 19.2 Å². The lowest BCUT2D eigenvalue weighted by Crippen LogP contribution is -2.44. The molecule has 172 valence electrons. The summed E-state index contributed by atoms with van der Waals surface area (Å²) in [5.74, 6) is 0.121.